The zero-order valence-electron chi connectivity index (χ0n) is 13.1. The molecule has 1 saturated heterocycles. The monoisotopic (exact) mass is 266 g/mol. The Kier molecular flexibility index (Phi) is 7.23. The van der Waals surface area contributed by atoms with Crippen molar-refractivity contribution in [3.05, 3.63) is 0 Å². The van der Waals surface area contributed by atoms with E-state index in [2.05, 4.69) is 17.1 Å². The van der Waals surface area contributed by atoms with Gasteiger partial charge in [0.2, 0.25) is 0 Å². The van der Waals surface area contributed by atoms with Gasteiger partial charge in [-0.3, -0.25) is 0 Å². The smallest absolute Gasteiger partial charge is 0.0245 e. The molecular weight excluding hydrogens is 232 g/mol. The summed E-state index contributed by atoms with van der Waals surface area (Å²) >= 11 is 0. The van der Waals surface area contributed by atoms with Crippen LogP contribution in [0.4, 0.5) is 0 Å². The predicted molar refractivity (Wildman–Crippen MR) is 83.1 cm³/mol. The van der Waals surface area contributed by atoms with Gasteiger partial charge in [0.15, 0.2) is 0 Å². The summed E-state index contributed by atoms with van der Waals surface area (Å²) in [7, 11) is 2.33. The summed E-state index contributed by atoms with van der Waals surface area (Å²) < 4.78 is 0. The van der Waals surface area contributed by atoms with Crippen LogP contribution in [0.2, 0.25) is 0 Å². The van der Waals surface area contributed by atoms with E-state index < -0.39 is 0 Å². The van der Waals surface area contributed by atoms with E-state index in [4.69, 9.17) is 0 Å². The van der Waals surface area contributed by atoms with Crippen LogP contribution in [0.15, 0.2) is 0 Å². The molecule has 1 heterocycles. The van der Waals surface area contributed by atoms with E-state index in [-0.39, 0.29) is 0 Å². The third-order valence-electron chi connectivity index (χ3n) is 5.05. The molecule has 0 spiro atoms. The van der Waals surface area contributed by atoms with Gasteiger partial charge < -0.3 is 0 Å². The van der Waals surface area contributed by atoms with Crippen molar-refractivity contribution >= 4 is 0 Å². The molecule has 0 amide bonds. The highest BCUT2D eigenvalue weighted by molar-refractivity contribution is 4.73. The Bertz CT molecular complexity index is 219. The minimum absolute atomic E-state index is 0.834. The molecule has 0 radical (unpaired) electrons. The van der Waals surface area contributed by atoms with Gasteiger partial charge in [0, 0.05) is 26.2 Å². The molecule has 2 heteroatoms. The fourth-order valence-corrected chi connectivity index (χ4v) is 3.81. The molecule has 0 aromatic carbocycles. The molecule has 0 unspecified atom stereocenters. The summed E-state index contributed by atoms with van der Waals surface area (Å²) in [6, 6.07) is 0.834. The molecule has 112 valence electrons. The molecular formula is C17H34N2. The van der Waals surface area contributed by atoms with Crippen molar-refractivity contribution in [2.24, 2.45) is 0 Å². The molecule has 2 nitrogen and oxygen atoms in total. The van der Waals surface area contributed by atoms with Gasteiger partial charge in [-0.2, -0.15) is 0 Å². The first-order valence-corrected chi connectivity index (χ1v) is 8.85. The lowest BCUT2D eigenvalue weighted by molar-refractivity contribution is -0.0463. The highest BCUT2D eigenvalue weighted by Gasteiger charge is 2.22. The maximum absolute atomic E-state index is 2.75. The molecule has 0 N–H and O–H groups in total. The minimum atomic E-state index is 0.834. The van der Waals surface area contributed by atoms with Gasteiger partial charge in [0.25, 0.3) is 0 Å². The number of hydrazine groups is 1. The Balaban J connectivity index is 1.92. The molecule has 0 bridgehead atoms. The fourth-order valence-electron chi connectivity index (χ4n) is 3.81. The molecule has 2 rings (SSSR count). The molecule has 1 saturated carbocycles. The van der Waals surface area contributed by atoms with Crippen LogP contribution in [0, 0.1) is 0 Å². The van der Waals surface area contributed by atoms with Crippen molar-refractivity contribution in [2.45, 2.75) is 89.5 Å². The normalized spacial score (nSPS) is 27.6. The van der Waals surface area contributed by atoms with Gasteiger partial charge in [0.05, 0.1) is 0 Å². The maximum Gasteiger partial charge on any atom is 0.0245 e. The van der Waals surface area contributed by atoms with E-state index in [9.17, 15) is 0 Å². The van der Waals surface area contributed by atoms with Crippen molar-refractivity contribution < 1.29 is 0 Å². The highest BCUT2D eigenvalue weighted by atomic mass is 15.6. The van der Waals surface area contributed by atoms with Gasteiger partial charge in [-0.25, -0.2) is 10.0 Å². The lowest BCUT2D eigenvalue weighted by atomic mass is 10.0. The van der Waals surface area contributed by atoms with Crippen molar-refractivity contribution in [1.82, 2.24) is 10.0 Å². The second-order valence-corrected chi connectivity index (χ2v) is 6.66. The first-order valence-electron chi connectivity index (χ1n) is 8.85. The maximum atomic E-state index is 2.75. The lowest BCUT2D eigenvalue weighted by Crippen LogP contribution is -2.47. The van der Waals surface area contributed by atoms with Crippen LogP contribution < -0.4 is 0 Å². The van der Waals surface area contributed by atoms with Crippen molar-refractivity contribution in [1.29, 1.82) is 0 Å². The molecule has 0 aromatic heterocycles. The average molecular weight is 266 g/mol. The van der Waals surface area contributed by atoms with Crippen LogP contribution in [0.1, 0.15) is 83.5 Å². The molecule has 1 aliphatic carbocycles. The van der Waals surface area contributed by atoms with E-state index in [0.29, 0.717) is 0 Å². The van der Waals surface area contributed by atoms with E-state index in [1.165, 1.54) is 96.6 Å². The Morgan fingerprint density at radius 2 is 1.05 bits per heavy atom. The molecule has 0 atom stereocenters. The predicted octanol–water partition coefficient (Wildman–Crippen LogP) is 4.60. The average Bonchev–Trinajstić information content (AvgIpc) is 2.60. The van der Waals surface area contributed by atoms with E-state index in [0.717, 1.165) is 6.04 Å². The van der Waals surface area contributed by atoms with Gasteiger partial charge in [-0.15, -0.1) is 0 Å². The van der Waals surface area contributed by atoms with Crippen LogP contribution in [-0.4, -0.2) is 36.2 Å². The second-order valence-electron chi connectivity index (χ2n) is 6.66. The molecule has 2 fully saturated rings. The largest absolute Gasteiger partial charge is 0.245 e. The highest BCUT2D eigenvalue weighted by Crippen LogP contribution is 2.23. The number of hydrogen-bond donors (Lipinski definition) is 0. The lowest BCUT2D eigenvalue weighted by Gasteiger charge is -2.38. The first kappa shape index (κ1) is 15.3. The number of hydrogen-bond acceptors (Lipinski definition) is 2. The van der Waals surface area contributed by atoms with Crippen molar-refractivity contribution in [3.63, 3.8) is 0 Å². The van der Waals surface area contributed by atoms with Crippen LogP contribution in [0.3, 0.4) is 0 Å². The fraction of sp³-hybridized carbons (Fsp3) is 1.00. The summed E-state index contributed by atoms with van der Waals surface area (Å²) in [6.45, 7) is 2.58. The summed E-state index contributed by atoms with van der Waals surface area (Å²) in [4.78, 5) is 0. The second kappa shape index (κ2) is 8.97. The van der Waals surface area contributed by atoms with Crippen LogP contribution in [0.5, 0.6) is 0 Å². The van der Waals surface area contributed by atoms with Gasteiger partial charge in [-0.05, 0) is 25.7 Å². The summed E-state index contributed by atoms with van der Waals surface area (Å²) in [6.07, 6.45) is 18.8. The quantitative estimate of drug-likeness (QED) is 0.684. The summed E-state index contributed by atoms with van der Waals surface area (Å²) in [5.41, 5.74) is 0. The van der Waals surface area contributed by atoms with E-state index in [1.807, 2.05) is 0 Å². The van der Waals surface area contributed by atoms with Crippen molar-refractivity contribution in [3.8, 4) is 0 Å². The summed E-state index contributed by atoms with van der Waals surface area (Å²) in [5.74, 6) is 0. The van der Waals surface area contributed by atoms with E-state index in [1.54, 1.807) is 0 Å². The Morgan fingerprint density at radius 1 is 0.579 bits per heavy atom. The minimum Gasteiger partial charge on any atom is -0.245 e. The zero-order valence-corrected chi connectivity index (χ0v) is 13.1. The Hall–Kier alpha value is -0.0800. The van der Waals surface area contributed by atoms with Crippen LogP contribution in [-0.2, 0) is 0 Å². The van der Waals surface area contributed by atoms with Gasteiger partial charge in [-0.1, -0.05) is 57.8 Å². The molecule has 2 aliphatic rings. The molecule has 1 aliphatic heterocycles. The third kappa shape index (κ3) is 5.43. The van der Waals surface area contributed by atoms with Crippen LogP contribution >= 0.6 is 0 Å². The third-order valence-corrected chi connectivity index (χ3v) is 5.05. The Labute approximate surface area is 120 Å². The van der Waals surface area contributed by atoms with Gasteiger partial charge in [0.1, 0.15) is 0 Å². The molecule has 0 aromatic rings. The standard InChI is InChI=1S/C17H34N2/c1-18-15-11-7-4-8-12-16-19(18)17-13-9-5-2-3-6-10-14-17/h17H,2-16H2,1H3. The number of nitrogens with zero attached hydrogens (tertiary/aromatic N) is 2. The zero-order chi connectivity index (χ0) is 13.3. The topological polar surface area (TPSA) is 6.48 Å². The van der Waals surface area contributed by atoms with Crippen molar-refractivity contribution in [2.75, 3.05) is 20.1 Å². The van der Waals surface area contributed by atoms with Crippen LogP contribution in [0.25, 0.3) is 0 Å². The van der Waals surface area contributed by atoms with E-state index >= 15 is 0 Å². The van der Waals surface area contributed by atoms with Gasteiger partial charge >= 0.3 is 0 Å². The molecule has 19 heavy (non-hydrogen) atoms. The first-order chi connectivity index (χ1) is 9.38. The summed E-state index contributed by atoms with van der Waals surface area (Å²) in [5, 5.41) is 5.31. The Morgan fingerprint density at radius 3 is 1.68 bits per heavy atom. The number of rotatable bonds is 1. The SMILES string of the molecule is CN1CCCCCCCN1C1CCCCCCCC1.